The highest BCUT2D eigenvalue weighted by molar-refractivity contribution is 5.99. The van der Waals surface area contributed by atoms with Gasteiger partial charge in [-0.2, -0.15) is 0 Å². The summed E-state index contributed by atoms with van der Waals surface area (Å²) in [5, 5.41) is 5.25. The summed E-state index contributed by atoms with van der Waals surface area (Å²) in [6.45, 7) is 4.16. The van der Waals surface area contributed by atoms with Crippen molar-refractivity contribution in [1.82, 2.24) is 15.6 Å². The number of pyridine rings is 1. The van der Waals surface area contributed by atoms with Gasteiger partial charge in [0.2, 0.25) is 5.91 Å². The van der Waals surface area contributed by atoms with Crippen LogP contribution in [-0.4, -0.2) is 29.4 Å². The van der Waals surface area contributed by atoms with Gasteiger partial charge in [0.25, 0.3) is 5.91 Å². The Morgan fingerprint density at radius 1 is 1.50 bits per heavy atom. The van der Waals surface area contributed by atoms with Gasteiger partial charge in [-0.3, -0.25) is 9.59 Å². The van der Waals surface area contributed by atoms with Crippen LogP contribution in [0.1, 0.15) is 30.8 Å². The first kappa shape index (κ1) is 14.0. The second-order valence-electron chi connectivity index (χ2n) is 3.93. The molecule has 1 heterocycles. The minimum Gasteiger partial charge on any atom is -0.397 e. The predicted molar refractivity (Wildman–Crippen MR) is 68.9 cm³/mol. The Hall–Kier alpha value is -2.11. The van der Waals surface area contributed by atoms with Gasteiger partial charge in [-0.15, -0.1) is 0 Å². The normalized spacial score (nSPS) is 11.7. The summed E-state index contributed by atoms with van der Waals surface area (Å²) in [5.74, 6) is -0.674. The summed E-state index contributed by atoms with van der Waals surface area (Å²) >= 11 is 0. The molecule has 18 heavy (non-hydrogen) atoms. The topological polar surface area (TPSA) is 97.1 Å². The maximum absolute atomic E-state index is 11.8. The molecule has 0 aliphatic rings. The molecule has 1 unspecified atom stereocenters. The van der Waals surface area contributed by atoms with E-state index in [4.69, 9.17) is 5.73 Å². The first-order valence-electron chi connectivity index (χ1n) is 5.85. The number of nitrogens with zero attached hydrogens (tertiary/aromatic N) is 1. The summed E-state index contributed by atoms with van der Waals surface area (Å²) in [6, 6.07) is 2.61. The van der Waals surface area contributed by atoms with Crippen molar-refractivity contribution in [3.63, 3.8) is 0 Å². The molecule has 0 spiro atoms. The first-order valence-corrected chi connectivity index (χ1v) is 5.85. The van der Waals surface area contributed by atoms with Crippen LogP contribution in [0.5, 0.6) is 0 Å². The molecule has 4 N–H and O–H groups in total. The molecule has 0 aromatic carbocycles. The van der Waals surface area contributed by atoms with Gasteiger partial charge >= 0.3 is 0 Å². The van der Waals surface area contributed by atoms with Crippen LogP contribution < -0.4 is 16.4 Å². The average Bonchev–Trinajstić information content (AvgIpc) is 2.36. The highest BCUT2D eigenvalue weighted by Crippen LogP contribution is 2.06. The fourth-order valence-corrected chi connectivity index (χ4v) is 1.34. The van der Waals surface area contributed by atoms with Crippen molar-refractivity contribution >= 4 is 17.5 Å². The van der Waals surface area contributed by atoms with Crippen molar-refractivity contribution in [2.24, 2.45) is 0 Å². The molecular weight excluding hydrogens is 232 g/mol. The first-order chi connectivity index (χ1) is 8.56. The molecule has 0 bridgehead atoms. The van der Waals surface area contributed by atoms with Gasteiger partial charge in [0.15, 0.2) is 5.69 Å². The Morgan fingerprint density at radius 3 is 2.83 bits per heavy atom. The summed E-state index contributed by atoms with van der Waals surface area (Å²) in [6.07, 6.45) is 2.33. The van der Waals surface area contributed by atoms with Crippen LogP contribution >= 0.6 is 0 Å². The molecule has 0 saturated carbocycles. The lowest BCUT2D eigenvalue weighted by molar-refractivity contribution is -0.122. The van der Waals surface area contributed by atoms with Crippen LogP contribution in [0.3, 0.4) is 0 Å². The molecular formula is C12H18N4O2. The lowest BCUT2D eigenvalue weighted by Gasteiger charge is -2.13. The second kappa shape index (κ2) is 6.58. The maximum Gasteiger partial charge on any atom is 0.272 e. The molecule has 0 aliphatic carbocycles. The van der Waals surface area contributed by atoms with Gasteiger partial charge in [-0.05, 0) is 25.5 Å². The summed E-state index contributed by atoms with van der Waals surface area (Å²) in [7, 11) is 0. The number of hydrogen-bond acceptors (Lipinski definition) is 4. The Kier molecular flexibility index (Phi) is 5.10. The zero-order valence-corrected chi connectivity index (χ0v) is 10.6. The molecule has 0 fully saturated rings. The van der Waals surface area contributed by atoms with Crippen LogP contribution in [0, 0.1) is 0 Å². The molecule has 6 nitrogen and oxygen atoms in total. The van der Waals surface area contributed by atoms with Crippen molar-refractivity contribution in [3.8, 4) is 0 Å². The van der Waals surface area contributed by atoms with Gasteiger partial charge in [0, 0.05) is 12.7 Å². The second-order valence-corrected chi connectivity index (χ2v) is 3.93. The molecule has 2 amide bonds. The van der Waals surface area contributed by atoms with Gasteiger partial charge in [0.05, 0.1) is 5.69 Å². The van der Waals surface area contributed by atoms with Gasteiger partial charge in [0.1, 0.15) is 6.04 Å². The molecule has 1 aromatic heterocycles. The molecule has 1 rings (SSSR count). The summed E-state index contributed by atoms with van der Waals surface area (Å²) in [5.41, 5.74) is 6.05. The third-order valence-electron chi connectivity index (χ3n) is 2.34. The van der Waals surface area contributed by atoms with E-state index in [9.17, 15) is 9.59 Å². The van der Waals surface area contributed by atoms with E-state index in [2.05, 4.69) is 15.6 Å². The fourth-order valence-electron chi connectivity index (χ4n) is 1.34. The van der Waals surface area contributed by atoms with Crippen molar-refractivity contribution in [2.75, 3.05) is 12.3 Å². The summed E-state index contributed by atoms with van der Waals surface area (Å²) < 4.78 is 0. The number of carbonyl (C=O) groups is 2. The molecule has 0 radical (unpaired) electrons. The van der Waals surface area contributed by atoms with Crippen LogP contribution in [0.4, 0.5) is 5.69 Å². The number of nitrogens with two attached hydrogens (primary N) is 1. The number of anilines is 1. The van der Waals surface area contributed by atoms with Crippen LogP contribution in [0.25, 0.3) is 0 Å². The standard InChI is InChI=1S/C12H18N4O2/c1-3-6-15-11(17)8(2)16-12(18)10-9(13)5-4-7-14-10/h4-5,7-8H,3,6,13H2,1-2H3,(H,15,17)(H,16,18). The van der Waals surface area contributed by atoms with E-state index < -0.39 is 11.9 Å². The molecule has 98 valence electrons. The lowest BCUT2D eigenvalue weighted by atomic mass is 10.2. The molecule has 0 saturated heterocycles. The average molecular weight is 250 g/mol. The number of rotatable bonds is 5. The van der Waals surface area contributed by atoms with E-state index in [-0.39, 0.29) is 17.3 Å². The van der Waals surface area contributed by atoms with Crippen LogP contribution in [0.15, 0.2) is 18.3 Å². The predicted octanol–water partition coefficient (Wildman–Crippen LogP) is 0.308. The zero-order valence-electron chi connectivity index (χ0n) is 10.6. The van der Waals surface area contributed by atoms with E-state index in [0.29, 0.717) is 6.54 Å². The minimum atomic E-state index is -0.620. The van der Waals surface area contributed by atoms with Gasteiger partial charge in [-0.25, -0.2) is 4.98 Å². The zero-order chi connectivity index (χ0) is 13.5. The van der Waals surface area contributed by atoms with E-state index in [1.54, 1.807) is 19.1 Å². The fraction of sp³-hybridized carbons (Fsp3) is 0.417. The van der Waals surface area contributed by atoms with Crippen molar-refractivity contribution in [2.45, 2.75) is 26.3 Å². The highest BCUT2D eigenvalue weighted by atomic mass is 16.2. The monoisotopic (exact) mass is 250 g/mol. The number of hydrogen-bond donors (Lipinski definition) is 3. The number of nitrogens with one attached hydrogen (secondary N) is 2. The molecule has 0 aliphatic heterocycles. The maximum atomic E-state index is 11.8. The number of nitrogen functional groups attached to an aromatic ring is 1. The Morgan fingerprint density at radius 2 is 2.22 bits per heavy atom. The minimum absolute atomic E-state index is 0.132. The molecule has 6 heteroatoms. The Balaban J connectivity index is 2.60. The van der Waals surface area contributed by atoms with Crippen LogP contribution in [-0.2, 0) is 4.79 Å². The van der Waals surface area contributed by atoms with E-state index in [1.807, 2.05) is 6.92 Å². The number of carbonyl (C=O) groups excluding carboxylic acids is 2. The number of amides is 2. The largest absolute Gasteiger partial charge is 0.397 e. The molecule has 1 atom stereocenters. The van der Waals surface area contributed by atoms with Crippen LogP contribution in [0.2, 0.25) is 0 Å². The number of aromatic nitrogens is 1. The Labute approximate surface area is 106 Å². The Bertz CT molecular complexity index is 434. The lowest BCUT2D eigenvalue weighted by Crippen LogP contribution is -2.45. The molecule has 1 aromatic rings. The van der Waals surface area contributed by atoms with Crippen molar-refractivity contribution in [3.05, 3.63) is 24.0 Å². The highest BCUT2D eigenvalue weighted by Gasteiger charge is 2.18. The summed E-state index contributed by atoms with van der Waals surface area (Å²) in [4.78, 5) is 27.3. The quantitative estimate of drug-likeness (QED) is 0.700. The van der Waals surface area contributed by atoms with E-state index in [1.165, 1.54) is 6.20 Å². The third-order valence-corrected chi connectivity index (χ3v) is 2.34. The SMILES string of the molecule is CCCNC(=O)C(C)NC(=O)c1ncccc1N. The van der Waals surface area contributed by atoms with E-state index in [0.717, 1.165) is 6.42 Å². The van der Waals surface area contributed by atoms with Gasteiger partial charge in [-0.1, -0.05) is 6.92 Å². The third kappa shape index (κ3) is 3.73. The van der Waals surface area contributed by atoms with E-state index >= 15 is 0 Å². The smallest absolute Gasteiger partial charge is 0.272 e. The van der Waals surface area contributed by atoms with Crippen molar-refractivity contribution < 1.29 is 9.59 Å². The van der Waals surface area contributed by atoms with Crippen molar-refractivity contribution in [1.29, 1.82) is 0 Å². The van der Waals surface area contributed by atoms with Gasteiger partial charge < -0.3 is 16.4 Å².